The van der Waals surface area contributed by atoms with Crippen LogP contribution in [0.4, 0.5) is 5.69 Å². The molecule has 0 saturated heterocycles. The van der Waals surface area contributed by atoms with Crippen LogP contribution in [0, 0.1) is 0 Å². The van der Waals surface area contributed by atoms with E-state index < -0.39 is 10.0 Å². The van der Waals surface area contributed by atoms with Crippen LogP contribution in [0.3, 0.4) is 0 Å². The van der Waals surface area contributed by atoms with Gasteiger partial charge in [0.05, 0.1) is 21.2 Å². The van der Waals surface area contributed by atoms with Gasteiger partial charge in [-0.25, -0.2) is 4.83 Å². The molecule has 0 atom stereocenters. The third-order valence-corrected chi connectivity index (χ3v) is 4.50. The summed E-state index contributed by atoms with van der Waals surface area (Å²) in [5, 5.41) is 4.46. The number of hydrogen-bond donors (Lipinski definition) is 2. The molecule has 2 aromatic rings. The molecule has 21 heavy (non-hydrogen) atoms. The van der Waals surface area contributed by atoms with Gasteiger partial charge in [0.25, 0.3) is 10.0 Å². The fourth-order valence-electron chi connectivity index (χ4n) is 1.46. The van der Waals surface area contributed by atoms with E-state index in [9.17, 15) is 8.42 Å². The molecule has 110 valence electrons. The third-order valence-electron chi connectivity index (χ3n) is 2.52. The second-order valence-electron chi connectivity index (χ2n) is 4.10. The van der Waals surface area contributed by atoms with Gasteiger partial charge in [0.1, 0.15) is 0 Å². The topological polar surface area (TPSA) is 84.5 Å². The van der Waals surface area contributed by atoms with Crippen molar-refractivity contribution in [1.29, 1.82) is 0 Å². The van der Waals surface area contributed by atoms with Crippen LogP contribution in [-0.4, -0.2) is 14.6 Å². The number of rotatable bonds is 4. The molecule has 0 bridgehead atoms. The summed E-state index contributed by atoms with van der Waals surface area (Å²) in [4.78, 5) is 2.17. The van der Waals surface area contributed by atoms with Crippen LogP contribution >= 0.6 is 23.2 Å². The molecule has 0 heterocycles. The average Bonchev–Trinajstić information content (AvgIpc) is 2.43. The van der Waals surface area contributed by atoms with Gasteiger partial charge in [-0.2, -0.15) is 13.5 Å². The summed E-state index contributed by atoms with van der Waals surface area (Å²) in [7, 11) is -3.73. The number of hydrogen-bond acceptors (Lipinski definition) is 4. The largest absolute Gasteiger partial charge is 0.399 e. The molecule has 0 aliphatic heterocycles. The summed E-state index contributed by atoms with van der Waals surface area (Å²) in [6, 6.07) is 10.6. The molecule has 0 amide bonds. The SMILES string of the molecule is Nc1ccc(S(=O)(=O)NN=Cc2ccc(Cl)c(Cl)c2)cc1. The van der Waals surface area contributed by atoms with E-state index in [1.165, 1.54) is 30.5 Å². The van der Waals surface area contributed by atoms with Crippen molar-refractivity contribution in [3.63, 3.8) is 0 Å². The zero-order chi connectivity index (χ0) is 15.5. The highest BCUT2D eigenvalue weighted by Crippen LogP contribution is 2.21. The normalized spacial score (nSPS) is 11.7. The second-order valence-corrected chi connectivity index (χ2v) is 6.57. The number of benzene rings is 2. The molecule has 0 saturated carbocycles. The van der Waals surface area contributed by atoms with E-state index in [0.717, 1.165) is 0 Å². The number of nitrogens with two attached hydrogens (primary N) is 1. The number of anilines is 1. The monoisotopic (exact) mass is 343 g/mol. The number of halogens is 2. The lowest BCUT2D eigenvalue weighted by Gasteiger charge is -2.03. The van der Waals surface area contributed by atoms with Crippen LogP contribution in [-0.2, 0) is 10.0 Å². The molecule has 2 aromatic carbocycles. The van der Waals surface area contributed by atoms with Gasteiger partial charge < -0.3 is 5.73 Å². The van der Waals surface area contributed by atoms with Gasteiger partial charge in [-0.15, -0.1) is 0 Å². The number of nitrogens with one attached hydrogen (secondary N) is 1. The van der Waals surface area contributed by atoms with Crippen molar-refractivity contribution >= 4 is 45.1 Å². The number of nitrogen functional groups attached to an aromatic ring is 1. The first-order chi connectivity index (χ1) is 9.88. The maximum atomic E-state index is 11.9. The average molecular weight is 344 g/mol. The highest BCUT2D eigenvalue weighted by molar-refractivity contribution is 7.89. The molecule has 0 spiro atoms. The van der Waals surface area contributed by atoms with Crippen LogP contribution in [0.2, 0.25) is 10.0 Å². The first-order valence-electron chi connectivity index (χ1n) is 5.74. The molecular formula is C13H11Cl2N3O2S. The van der Waals surface area contributed by atoms with Crippen molar-refractivity contribution in [2.75, 3.05) is 5.73 Å². The van der Waals surface area contributed by atoms with Crippen LogP contribution < -0.4 is 10.6 Å². The number of sulfonamides is 1. The summed E-state index contributed by atoms with van der Waals surface area (Å²) in [6.07, 6.45) is 1.33. The highest BCUT2D eigenvalue weighted by Gasteiger charge is 2.11. The molecule has 0 aromatic heterocycles. The van der Waals surface area contributed by atoms with Crippen molar-refractivity contribution < 1.29 is 8.42 Å². The van der Waals surface area contributed by atoms with Gasteiger partial charge in [0.15, 0.2) is 0 Å². The van der Waals surface area contributed by atoms with Gasteiger partial charge in [0.2, 0.25) is 0 Å². The minimum absolute atomic E-state index is 0.0722. The Hall–Kier alpha value is -1.76. The second kappa shape index (κ2) is 6.34. The lowest BCUT2D eigenvalue weighted by molar-refractivity contribution is 0.584. The van der Waals surface area contributed by atoms with E-state index in [0.29, 0.717) is 21.3 Å². The first-order valence-corrected chi connectivity index (χ1v) is 7.98. The predicted octanol–water partition coefficient (Wildman–Crippen LogP) is 2.89. The zero-order valence-corrected chi connectivity index (χ0v) is 13.0. The summed E-state index contributed by atoms with van der Waals surface area (Å²) < 4.78 is 23.9. The lowest BCUT2D eigenvalue weighted by atomic mass is 10.2. The molecule has 3 N–H and O–H groups in total. The molecule has 8 heteroatoms. The van der Waals surface area contributed by atoms with E-state index in [2.05, 4.69) is 9.93 Å². The summed E-state index contributed by atoms with van der Waals surface area (Å²) in [5.41, 5.74) is 6.60. The van der Waals surface area contributed by atoms with Crippen LogP contribution in [0.1, 0.15) is 5.56 Å². The summed E-state index contributed by atoms with van der Waals surface area (Å²) in [6.45, 7) is 0. The molecule has 0 fully saturated rings. The van der Waals surface area contributed by atoms with E-state index in [1.807, 2.05) is 0 Å². The van der Waals surface area contributed by atoms with E-state index in [1.54, 1.807) is 18.2 Å². The Morgan fingerprint density at radius 2 is 1.71 bits per heavy atom. The van der Waals surface area contributed by atoms with E-state index in [-0.39, 0.29) is 4.90 Å². The van der Waals surface area contributed by atoms with Crippen molar-refractivity contribution in [1.82, 2.24) is 4.83 Å². The quantitative estimate of drug-likeness (QED) is 0.508. The minimum atomic E-state index is -3.73. The lowest BCUT2D eigenvalue weighted by Crippen LogP contribution is -2.18. The van der Waals surface area contributed by atoms with Crippen molar-refractivity contribution in [3.8, 4) is 0 Å². The highest BCUT2D eigenvalue weighted by atomic mass is 35.5. The molecule has 0 aliphatic carbocycles. The smallest absolute Gasteiger partial charge is 0.276 e. The summed E-state index contributed by atoms with van der Waals surface area (Å²) in [5.74, 6) is 0. The van der Waals surface area contributed by atoms with Gasteiger partial charge in [-0.05, 0) is 42.0 Å². The van der Waals surface area contributed by atoms with Crippen LogP contribution in [0.15, 0.2) is 52.5 Å². The van der Waals surface area contributed by atoms with Gasteiger partial charge in [-0.1, -0.05) is 29.3 Å². The maximum Gasteiger partial charge on any atom is 0.276 e. The fourth-order valence-corrected chi connectivity index (χ4v) is 2.56. The zero-order valence-electron chi connectivity index (χ0n) is 10.6. The standard InChI is InChI=1S/C13H11Cl2N3O2S/c14-12-6-1-9(7-13(12)15)8-17-18-21(19,20)11-4-2-10(16)3-5-11/h1-8,18H,16H2. The Morgan fingerprint density at radius 1 is 1.05 bits per heavy atom. The Balaban J connectivity index is 2.12. The number of nitrogens with zero attached hydrogens (tertiary/aromatic N) is 1. The number of hydrazone groups is 1. The molecular weight excluding hydrogens is 333 g/mol. The first kappa shape index (κ1) is 15.6. The van der Waals surface area contributed by atoms with Gasteiger partial charge >= 0.3 is 0 Å². The van der Waals surface area contributed by atoms with E-state index >= 15 is 0 Å². The molecule has 5 nitrogen and oxygen atoms in total. The fraction of sp³-hybridized carbons (Fsp3) is 0. The Morgan fingerprint density at radius 3 is 2.33 bits per heavy atom. The Bertz CT molecular complexity index is 775. The van der Waals surface area contributed by atoms with Gasteiger partial charge in [-0.3, -0.25) is 0 Å². The molecule has 0 aliphatic rings. The summed E-state index contributed by atoms with van der Waals surface area (Å²) >= 11 is 11.6. The van der Waals surface area contributed by atoms with Gasteiger partial charge in [0, 0.05) is 5.69 Å². The Labute approximate surface area is 132 Å². The van der Waals surface area contributed by atoms with E-state index in [4.69, 9.17) is 28.9 Å². The van der Waals surface area contributed by atoms with Crippen molar-refractivity contribution in [3.05, 3.63) is 58.1 Å². The third kappa shape index (κ3) is 4.10. The molecule has 0 radical (unpaired) electrons. The van der Waals surface area contributed by atoms with Crippen molar-refractivity contribution in [2.45, 2.75) is 4.90 Å². The maximum absolute atomic E-state index is 11.9. The van der Waals surface area contributed by atoms with Crippen LogP contribution in [0.5, 0.6) is 0 Å². The molecule has 0 unspecified atom stereocenters. The van der Waals surface area contributed by atoms with Crippen molar-refractivity contribution in [2.24, 2.45) is 5.10 Å². The Kier molecular flexibility index (Phi) is 4.72. The van der Waals surface area contributed by atoms with Crippen LogP contribution in [0.25, 0.3) is 0 Å². The molecule has 2 rings (SSSR count). The minimum Gasteiger partial charge on any atom is -0.399 e. The predicted molar refractivity (Wildman–Crippen MR) is 85.2 cm³/mol.